The van der Waals surface area contributed by atoms with Gasteiger partial charge in [-0.1, -0.05) is 36.4 Å². The molecule has 5 rings (SSSR count). The van der Waals surface area contributed by atoms with Crippen molar-refractivity contribution in [3.8, 4) is 5.75 Å². The summed E-state index contributed by atoms with van der Waals surface area (Å²) in [5.41, 5.74) is 2.78. The number of H-pyrrole nitrogens is 1. The number of benzene rings is 2. The van der Waals surface area contributed by atoms with Gasteiger partial charge in [-0.25, -0.2) is 14.6 Å². The molecule has 0 fully saturated rings. The van der Waals surface area contributed by atoms with Crippen molar-refractivity contribution in [2.75, 3.05) is 25.1 Å². The lowest BCUT2D eigenvalue weighted by atomic mass is 10.1. The van der Waals surface area contributed by atoms with Crippen molar-refractivity contribution in [1.29, 1.82) is 0 Å². The fraction of sp³-hybridized carbons (Fsp3) is 0.333. The molecule has 0 aliphatic carbocycles. The minimum atomic E-state index is -0.389. The Bertz CT molecular complexity index is 1420. The second-order valence-corrected chi connectivity index (χ2v) is 9.58. The van der Waals surface area contributed by atoms with E-state index in [1.807, 2.05) is 60.1 Å². The maximum absolute atomic E-state index is 12.7. The van der Waals surface area contributed by atoms with Gasteiger partial charge in [0.2, 0.25) is 12.2 Å². The van der Waals surface area contributed by atoms with Crippen molar-refractivity contribution in [3.05, 3.63) is 83.5 Å². The molecule has 2 N–H and O–H groups in total. The summed E-state index contributed by atoms with van der Waals surface area (Å²) in [7, 11) is 1.68. The summed E-state index contributed by atoms with van der Waals surface area (Å²) in [6, 6.07) is 15.3. The maximum atomic E-state index is 12.7. The number of nitrogens with zero attached hydrogens (tertiary/aromatic N) is 7. The molecule has 12 heteroatoms. The van der Waals surface area contributed by atoms with Crippen LogP contribution in [0.5, 0.6) is 5.75 Å². The standard InChI is InChI=1S/C27H31N9O3/c1-19(30-27(38)26-31-24(32-33-26)13-20-6-4-3-5-7-20)16-39-23-9-8-21(12-22(23)34(2)18-37)14-35-10-11-36-25(15-35)28-17-29-36/h3-9,12,17-19H,10-11,13-16H2,1-2H3,(H,30,38)(H,31,32,33)/t19-/m1/s1. The Morgan fingerprint density at radius 2 is 2.05 bits per heavy atom. The Morgan fingerprint density at radius 3 is 2.87 bits per heavy atom. The highest BCUT2D eigenvalue weighted by Gasteiger charge is 2.20. The number of rotatable bonds is 11. The molecular formula is C27H31N9O3. The molecule has 2 amide bonds. The molecule has 2 aromatic carbocycles. The first-order valence-corrected chi connectivity index (χ1v) is 12.8. The largest absolute Gasteiger partial charge is 0.489 e. The quantitative estimate of drug-likeness (QED) is 0.281. The molecule has 3 heterocycles. The number of aromatic nitrogens is 6. The zero-order valence-electron chi connectivity index (χ0n) is 21.9. The Balaban J connectivity index is 1.17. The third-order valence-corrected chi connectivity index (χ3v) is 6.47. The number of amides is 2. The van der Waals surface area contributed by atoms with Crippen molar-refractivity contribution >= 4 is 18.0 Å². The van der Waals surface area contributed by atoms with E-state index in [0.29, 0.717) is 36.8 Å². The van der Waals surface area contributed by atoms with E-state index in [1.54, 1.807) is 13.4 Å². The Labute approximate surface area is 226 Å². The van der Waals surface area contributed by atoms with E-state index in [0.717, 1.165) is 36.5 Å². The van der Waals surface area contributed by atoms with Crippen LogP contribution in [0, 0.1) is 0 Å². The molecule has 0 unspecified atom stereocenters. The first kappa shape index (κ1) is 26.0. The first-order chi connectivity index (χ1) is 19.0. The van der Waals surface area contributed by atoms with E-state index in [1.165, 1.54) is 4.90 Å². The van der Waals surface area contributed by atoms with Gasteiger partial charge in [-0.2, -0.15) is 5.10 Å². The van der Waals surface area contributed by atoms with Crippen LogP contribution in [0.25, 0.3) is 0 Å². The lowest BCUT2D eigenvalue weighted by Gasteiger charge is -2.27. The molecule has 39 heavy (non-hydrogen) atoms. The molecular weight excluding hydrogens is 498 g/mol. The molecule has 202 valence electrons. The van der Waals surface area contributed by atoms with E-state index < -0.39 is 0 Å². The van der Waals surface area contributed by atoms with E-state index in [9.17, 15) is 9.59 Å². The molecule has 0 spiro atoms. The average Bonchev–Trinajstić information content (AvgIpc) is 3.62. The number of aromatic amines is 1. The smallest absolute Gasteiger partial charge is 0.291 e. The second-order valence-electron chi connectivity index (χ2n) is 9.58. The predicted molar refractivity (Wildman–Crippen MR) is 143 cm³/mol. The number of carbonyl (C=O) groups is 2. The van der Waals surface area contributed by atoms with Crippen LogP contribution >= 0.6 is 0 Å². The molecule has 0 radical (unpaired) electrons. The summed E-state index contributed by atoms with van der Waals surface area (Å²) >= 11 is 0. The van der Waals surface area contributed by atoms with Gasteiger partial charge in [0.05, 0.1) is 24.8 Å². The van der Waals surface area contributed by atoms with Gasteiger partial charge in [-0.05, 0) is 30.2 Å². The minimum absolute atomic E-state index is 0.0782. The van der Waals surface area contributed by atoms with Gasteiger partial charge in [0, 0.05) is 26.6 Å². The second kappa shape index (κ2) is 11.9. The van der Waals surface area contributed by atoms with Crippen molar-refractivity contribution in [1.82, 2.24) is 40.2 Å². The van der Waals surface area contributed by atoms with Gasteiger partial charge in [-0.3, -0.25) is 19.6 Å². The topological polar surface area (TPSA) is 134 Å². The molecule has 1 aliphatic rings. The Morgan fingerprint density at radius 1 is 1.21 bits per heavy atom. The highest BCUT2D eigenvalue weighted by molar-refractivity contribution is 5.90. The summed E-state index contributed by atoms with van der Waals surface area (Å²) < 4.78 is 7.95. The van der Waals surface area contributed by atoms with Gasteiger partial charge in [0.15, 0.2) is 0 Å². The summed E-state index contributed by atoms with van der Waals surface area (Å²) in [5, 5.41) is 14.0. The predicted octanol–water partition coefficient (Wildman–Crippen LogP) is 1.79. The van der Waals surface area contributed by atoms with E-state index >= 15 is 0 Å². The van der Waals surface area contributed by atoms with Crippen molar-refractivity contribution < 1.29 is 14.3 Å². The Hall–Kier alpha value is -4.58. The fourth-order valence-electron chi connectivity index (χ4n) is 4.43. The third kappa shape index (κ3) is 6.47. The van der Waals surface area contributed by atoms with Crippen molar-refractivity contribution in [2.45, 2.75) is 39.0 Å². The van der Waals surface area contributed by atoms with Gasteiger partial charge in [0.1, 0.15) is 30.3 Å². The number of ether oxygens (including phenoxy) is 1. The number of anilines is 1. The van der Waals surface area contributed by atoms with Gasteiger partial charge < -0.3 is 15.0 Å². The lowest BCUT2D eigenvalue weighted by Crippen LogP contribution is -2.37. The normalized spacial score (nSPS) is 13.9. The van der Waals surface area contributed by atoms with Crippen LogP contribution in [0.4, 0.5) is 5.69 Å². The number of fused-ring (bicyclic) bond motifs is 1. The number of hydrogen-bond acceptors (Lipinski definition) is 8. The van der Waals surface area contributed by atoms with Crippen LogP contribution < -0.4 is 15.0 Å². The van der Waals surface area contributed by atoms with Crippen molar-refractivity contribution in [2.24, 2.45) is 0 Å². The van der Waals surface area contributed by atoms with E-state index in [-0.39, 0.29) is 24.4 Å². The monoisotopic (exact) mass is 529 g/mol. The number of hydrogen-bond donors (Lipinski definition) is 2. The van der Waals surface area contributed by atoms with Gasteiger partial charge in [-0.15, -0.1) is 5.10 Å². The summed E-state index contributed by atoms with van der Waals surface area (Å²) in [6.07, 6.45) is 2.89. The SMILES string of the molecule is C[C@H](COc1ccc(CN2CCn3ncnc3C2)cc1N(C)C=O)NC(=O)c1n[nH]c(Cc2ccccc2)n1. The van der Waals surface area contributed by atoms with Crippen LogP contribution in [-0.2, 0) is 30.8 Å². The van der Waals surface area contributed by atoms with E-state index in [2.05, 4.69) is 35.5 Å². The molecule has 1 atom stereocenters. The van der Waals surface area contributed by atoms with Crippen LogP contribution in [0.2, 0.25) is 0 Å². The van der Waals surface area contributed by atoms with Crippen molar-refractivity contribution in [3.63, 3.8) is 0 Å². The molecule has 4 aromatic rings. The highest BCUT2D eigenvalue weighted by Crippen LogP contribution is 2.29. The van der Waals surface area contributed by atoms with E-state index in [4.69, 9.17) is 4.74 Å². The fourth-order valence-corrected chi connectivity index (χ4v) is 4.43. The zero-order chi connectivity index (χ0) is 27.2. The molecule has 1 aliphatic heterocycles. The molecule has 12 nitrogen and oxygen atoms in total. The van der Waals surface area contributed by atoms with Crippen LogP contribution in [-0.4, -0.2) is 73.4 Å². The number of carbonyl (C=O) groups excluding carboxylic acids is 2. The highest BCUT2D eigenvalue weighted by atomic mass is 16.5. The Kier molecular flexibility index (Phi) is 7.92. The summed E-state index contributed by atoms with van der Waals surface area (Å²) in [6.45, 7) is 5.12. The maximum Gasteiger partial charge on any atom is 0.291 e. The van der Waals surface area contributed by atoms with Crippen LogP contribution in [0.15, 0.2) is 54.9 Å². The third-order valence-electron chi connectivity index (χ3n) is 6.47. The first-order valence-electron chi connectivity index (χ1n) is 12.8. The molecule has 2 aromatic heterocycles. The minimum Gasteiger partial charge on any atom is -0.489 e. The van der Waals surface area contributed by atoms with Gasteiger partial charge in [0.25, 0.3) is 5.91 Å². The van der Waals surface area contributed by atoms with Gasteiger partial charge >= 0.3 is 0 Å². The molecule has 0 saturated heterocycles. The molecule has 0 saturated carbocycles. The molecule has 0 bridgehead atoms. The zero-order valence-corrected chi connectivity index (χ0v) is 21.9. The summed E-state index contributed by atoms with van der Waals surface area (Å²) in [5.74, 6) is 1.80. The van der Waals surface area contributed by atoms with Crippen LogP contribution in [0.3, 0.4) is 0 Å². The number of nitrogens with one attached hydrogen (secondary N) is 2. The average molecular weight is 530 g/mol. The lowest BCUT2D eigenvalue weighted by molar-refractivity contribution is -0.107. The summed E-state index contributed by atoms with van der Waals surface area (Å²) in [4.78, 5) is 36.7. The van der Waals surface area contributed by atoms with Crippen LogP contribution in [0.1, 0.15) is 40.3 Å².